The third-order valence-electron chi connectivity index (χ3n) is 4.13. The fourth-order valence-corrected chi connectivity index (χ4v) is 3.71. The minimum atomic E-state index is -4.54. The molecule has 27 heavy (non-hydrogen) atoms. The molecule has 0 radical (unpaired) electrons. The highest BCUT2D eigenvalue weighted by molar-refractivity contribution is 8.00. The number of alkyl halides is 3. The fourth-order valence-electron chi connectivity index (χ4n) is 2.73. The molecule has 3 rings (SSSR count). The summed E-state index contributed by atoms with van der Waals surface area (Å²) in [5.74, 6) is -0.552. The van der Waals surface area contributed by atoms with Gasteiger partial charge in [0.15, 0.2) is 5.16 Å². The molecule has 1 aromatic heterocycles. The van der Waals surface area contributed by atoms with Gasteiger partial charge in [0.05, 0.1) is 27.2 Å². The summed E-state index contributed by atoms with van der Waals surface area (Å²) >= 11 is 6.91. The number of carbonyl (C=O) groups is 1. The number of benzene rings is 1. The van der Waals surface area contributed by atoms with Crippen LogP contribution in [0, 0.1) is 0 Å². The zero-order valence-corrected chi connectivity index (χ0v) is 15.7. The number of hydrogen-bond acceptors (Lipinski definition) is 4. The van der Waals surface area contributed by atoms with Crippen LogP contribution in [0.25, 0.3) is 0 Å². The first-order valence-electron chi connectivity index (χ1n) is 8.11. The number of hydrogen-bond donors (Lipinski definition) is 2. The van der Waals surface area contributed by atoms with Gasteiger partial charge in [0.1, 0.15) is 0 Å². The van der Waals surface area contributed by atoms with Gasteiger partial charge in [0, 0.05) is 5.56 Å². The van der Waals surface area contributed by atoms with E-state index < -0.39 is 22.9 Å². The highest BCUT2D eigenvalue weighted by atomic mass is 35.5. The van der Waals surface area contributed by atoms with Gasteiger partial charge in [-0.2, -0.15) is 13.2 Å². The van der Waals surface area contributed by atoms with Crippen molar-refractivity contribution in [1.29, 1.82) is 0 Å². The fraction of sp³-hybridized carbons (Fsp3) is 0.353. The van der Waals surface area contributed by atoms with Crippen LogP contribution in [0.2, 0.25) is 5.02 Å². The van der Waals surface area contributed by atoms with Crippen molar-refractivity contribution in [2.24, 2.45) is 0 Å². The van der Waals surface area contributed by atoms with Crippen LogP contribution in [0.4, 0.5) is 18.9 Å². The lowest BCUT2D eigenvalue weighted by molar-refractivity contribution is -0.137. The van der Waals surface area contributed by atoms with Crippen LogP contribution >= 0.6 is 23.4 Å². The highest BCUT2D eigenvalue weighted by Gasteiger charge is 2.31. The molecule has 144 valence electrons. The highest BCUT2D eigenvalue weighted by Crippen LogP contribution is 2.34. The Labute approximate surface area is 161 Å². The number of carbonyl (C=O) groups excluding carboxylic acids is 1. The second-order valence-corrected chi connectivity index (χ2v) is 7.83. The lowest BCUT2D eigenvalue weighted by Crippen LogP contribution is -2.24. The summed E-state index contributed by atoms with van der Waals surface area (Å²) in [7, 11) is 0. The first kappa shape index (κ1) is 19.8. The molecule has 1 aliphatic rings. The molecule has 0 bridgehead atoms. The van der Waals surface area contributed by atoms with Gasteiger partial charge >= 0.3 is 6.18 Å². The predicted octanol–water partition coefficient (Wildman–Crippen LogP) is 4.05. The second-order valence-electron chi connectivity index (χ2n) is 6.09. The van der Waals surface area contributed by atoms with E-state index in [1.807, 2.05) is 0 Å². The van der Waals surface area contributed by atoms with Gasteiger partial charge in [0.25, 0.3) is 5.56 Å². The summed E-state index contributed by atoms with van der Waals surface area (Å²) in [5, 5.41) is 1.99. The molecule has 0 saturated heterocycles. The molecule has 1 atom stereocenters. The molecule has 1 heterocycles. The van der Waals surface area contributed by atoms with E-state index in [0.717, 1.165) is 42.1 Å². The molecule has 5 nitrogen and oxygen atoms in total. The van der Waals surface area contributed by atoms with Gasteiger partial charge in [-0.05, 0) is 44.4 Å². The zero-order valence-electron chi connectivity index (χ0n) is 14.1. The number of rotatable bonds is 4. The normalized spacial score (nSPS) is 14.7. The van der Waals surface area contributed by atoms with Crippen molar-refractivity contribution in [3.05, 3.63) is 50.4 Å². The topological polar surface area (TPSA) is 74.8 Å². The molecular weight excluding hydrogens is 403 g/mol. The molecule has 0 aliphatic heterocycles. The molecule has 2 N–H and O–H groups in total. The van der Waals surface area contributed by atoms with Crippen molar-refractivity contribution in [1.82, 2.24) is 9.97 Å². The van der Waals surface area contributed by atoms with Crippen molar-refractivity contribution in [3.63, 3.8) is 0 Å². The van der Waals surface area contributed by atoms with Crippen LogP contribution in [0.15, 0.2) is 28.2 Å². The Hall–Kier alpha value is -2.00. The molecule has 1 amide bonds. The van der Waals surface area contributed by atoms with E-state index in [-0.39, 0.29) is 16.3 Å². The van der Waals surface area contributed by atoms with Crippen LogP contribution < -0.4 is 10.9 Å². The van der Waals surface area contributed by atoms with E-state index >= 15 is 0 Å². The number of aromatic nitrogens is 2. The Kier molecular flexibility index (Phi) is 5.53. The Morgan fingerprint density at radius 3 is 2.81 bits per heavy atom. The Bertz CT molecular complexity index is 946. The van der Waals surface area contributed by atoms with E-state index in [9.17, 15) is 22.8 Å². The van der Waals surface area contributed by atoms with Crippen molar-refractivity contribution in [3.8, 4) is 0 Å². The van der Waals surface area contributed by atoms with Crippen molar-refractivity contribution in [2.75, 3.05) is 5.32 Å². The molecular formula is C17H15ClF3N3O2S. The number of nitrogens with zero attached hydrogens (tertiary/aromatic N) is 1. The minimum absolute atomic E-state index is 0.00221. The number of H-pyrrole nitrogens is 1. The Balaban J connectivity index is 1.73. The van der Waals surface area contributed by atoms with E-state index in [2.05, 4.69) is 15.3 Å². The summed E-state index contributed by atoms with van der Waals surface area (Å²) in [4.78, 5) is 31.4. The summed E-state index contributed by atoms with van der Waals surface area (Å²) in [5.41, 5.74) is 0.155. The second kappa shape index (κ2) is 7.55. The van der Waals surface area contributed by atoms with Crippen LogP contribution in [0.1, 0.15) is 30.2 Å². The number of fused-ring (bicyclic) bond motifs is 1. The Morgan fingerprint density at radius 2 is 2.11 bits per heavy atom. The molecule has 0 unspecified atom stereocenters. The van der Waals surface area contributed by atoms with Gasteiger partial charge < -0.3 is 10.3 Å². The van der Waals surface area contributed by atoms with Gasteiger partial charge in [0.2, 0.25) is 5.91 Å². The van der Waals surface area contributed by atoms with Crippen LogP contribution in [-0.2, 0) is 23.8 Å². The largest absolute Gasteiger partial charge is 0.416 e. The first-order valence-corrected chi connectivity index (χ1v) is 9.37. The number of aromatic amines is 1. The van der Waals surface area contributed by atoms with Gasteiger partial charge in [-0.25, -0.2) is 4.98 Å². The summed E-state index contributed by atoms with van der Waals surface area (Å²) in [6.45, 7) is 1.56. The van der Waals surface area contributed by atoms with Crippen LogP contribution in [0.5, 0.6) is 0 Å². The number of anilines is 1. The standard InChI is InChI=1S/C17H15ClF3N3O2S/c1-8(27-16-23-12-4-2-3-10(12)15(26)24-16)14(25)22-13-7-9(17(19,20)21)5-6-11(13)18/h5-8H,2-4H2,1H3,(H,22,25)(H,23,24,26)/t8-/m0/s1. The molecule has 0 spiro atoms. The maximum absolute atomic E-state index is 12.8. The van der Waals surface area contributed by atoms with Gasteiger partial charge in [-0.15, -0.1) is 0 Å². The van der Waals surface area contributed by atoms with Crippen molar-refractivity contribution < 1.29 is 18.0 Å². The van der Waals surface area contributed by atoms with Crippen molar-refractivity contribution >= 4 is 35.0 Å². The van der Waals surface area contributed by atoms with E-state index in [4.69, 9.17) is 11.6 Å². The van der Waals surface area contributed by atoms with Gasteiger partial charge in [-0.1, -0.05) is 23.4 Å². The average molecular weight is 418 g/mol. The molecule has 0 saturated carbocycles. The van der Waals surface area contributed by atoms with E-state index in [1.54, 1.807) is 6.92 Å². The smallest absolute Gasteiger partial charge is 0.324 e. The number of aryl methyl sites for hydroxylation is 1. The summed E-state index contributed by atoms with van der Waals surface area (Å²) in [6.07, 6.45) is -2.28. The van der Waals surface area contributed by atoms with Crippen LogP contribution in [0.3, 0.4) is 0 Å². The number of nitrogens with one attached hydrogen (secondary N) is 2. The molecule has 10 heteroatoms. The quantitative estimate of drug-likeness (QED) is 0.581. The number of amides is 1. The molecule has 0 fully saturated rings. The summed E-state index contributed by atoms with van der Waals surface area (Å²) in [6, 6.07) is 2.71. The lowest BCUT2D eigenvalue weighted by Gasteiger charge is -2.14. The maximum Gasteiger partial charge on any atom is 0.416 e. The molecule has 2 aromatic rings. The lowest BCUT2D eigenvalue weighted by atomic mass is 10.2. The molecule has 1 aliphatic carbocycles. The average Bonchev–Trinajstić information content (AvgIpc) is 3.04. The zero-order chi connectivity index (χ0) is 19.8. The predicted molar refractivity (Wildman–Crippen MR) is 97.3 cm³/mol. The van der Waals surface area contributed by atoms with E-state index in [0.29, 0.717) is 23.6 Å². The van der Waals surface area contributed by atoms with E-state index in [1.165, 1.54) is 0 Å². The summed E-state index contributed by atoms with van der Waals surface area (Å²) < 4.78 is 38.5. The monoisotopic (exact) mass is 417 g/mol. The SMILES string of the molecule is C[C@H](Sc1nc2c(c(=O)[nH]1)CCC2)C(=O)Nc1cc(C(F)(F)F)ccc1Cl. The van der Waals surface area contributed by atoms with Crippen molar-refractivity contribution in [2.45, 2.75) is 42.8 Å². The maximum atomic E-state index is 12.8. The minimum Gasteiger partial charge on any atom is -0.324 e. The third-order valence-corrected chi connectivity index (χ3v) is 5.44. The number of halogens is 4. The molecule has 1 aromatic carbocycles. The first-order chi connectivity index (χ1) is 12.6. The Morgan fingerprint density at radius 1 is 1.37 bits per heavy atom. The van der Waals surface area contributed by atoms with Gasteiger partial charge in [-0.3, -0.25) is 9.59 Å². The van der Waals surface area contributed by atoms with Crippen LogP contribution in [-0.4, -0.2) is 21.1 Å². The third kappa shape index (κ3) is 4.47. The number of thioether (sulfide) groups is 1.